The summed E-state index contributed by atoms with van der Waals surface area (Å²) < 4.78 is 0. The predicted molar refractivity (Wildman–Crippen MR) is 90.0 cm³/mol. The van der Waals surface area contributed by atoms with Gasteiger partial charge in [-0.1, -0.05) is 41.4 Å². The maximum Gasteiger partial charge on any atom is 0.0640 e. The van der Waals surface area contributed by atoms with Gasteiger partial charge >= 0.3 is 0 Å². The summed E-state index contributed by atoms with van der Waals surface area (Å²) in [5, 5.41) is 1.40. The number of hydrogen-bond acceptors (Lipinski definition) is 2. The van der Waals surface area contributed by atoms with Gasteiger partial charge in [0.05, 0.1) is 6.04 Å². The second-order valence-electron chi connectivity index (χ2n) is 5.76. The molecule has 0 spiro atoms. The molecule has 0 radical (unpaired) electrons. The molecule has 4 heteroatoms. The Labute approximate surface area is 134 Å². The summed E-state index contributed by atoms with van der Waals surface area (Å²) in [5.74, 6) is 0. The second kappa shape index (κ2) is 5.11. The van der Waals surface area contributed by atoms with Crippen LogP contribution >= 0.6 is 23.2 Å². The Kier molecular flexibility index (Phi) is 3.24. The van der Waals surface area contributed by atoms with Crippen LogP contribution in [0.5, 0.6) is 0 Å². The third-order valence-corrected chi connectivity index (χ3v) is 4.88. The molecule has 4 rings (SSSR count). The van der Waals surface area contributed by atoms with Crippen LogP contribution in [0.1, 0.15) is 5.56 Å². The molecule has 0 aliphatic carbocycles. The molecular weight excluding hydrogens is 303 g/mol. The van der Waals surface area contributed by atoms with Crippen molar-refractivity contribution in [2.75, 3.05) is 29.4 Å². The van der Waals surface area contributed by atoms with Crippen molar-refractivity contribution in [1.82, 2.24) is 0 Å². The first-order valence-corrected chi connectivity index (χ1v) is 8.02. The van der Waals surface area contributed by atoms with Gasteiger partial charge < -0.3 is 9.80 Å². The molecule has 1 saturated heterocycles. The minimum atomic E-state index is 0.589. The molecule has 0 bridgehead atoms. The molecule has 2 aliphatic rings. The molecule has 0 amide bonds. The summed E-state index contributed by atoms with van der Waals surface area (Å²) in [7, 11) is 0. The summed E-state index contributed by atoms with van der Waals surface area (Å²) in [6, 6.07) is 15.1. The van der Waals surface area contributed by atoms with Gasteiger partial charge in [0.2, 0.25) is 0 Å². The summed E-state index contributed by atoms with van der Waals surface area (Å²) >= 11 is 12.2. The lowest BCUT2D eigenvalue weighted by Crippen LogP contribution is -2.59. The third-order valence-electron chi connectivity index (χ3n) is 4.44. The molecule has 1 fully saturated rings. The molecular formula is C17H16Cl2N2. The van der Waals surface area contributed by atoms with E-state index in [-0.39, 0.29) is 0 Å². The molecule has 0 aromatic heterocycles. The molecule has 0 unspecified atom stereocenters. The van der Waals surface area contributed by atoms with E-state index in [0.29, 0.717) is 16.1 Å². The highest BCUT2D eigenvalue weighted by molar-refractivity contribution is 6.35. The molecule has 2 heterocycles. The lowest BCUT2D eigenvalue weighted by molar-refractivity contribution is 0.484. The van der Waals surface area contributed by atoms with Crippen LogP contribution in [-0.2, 0) is 6.42 Å². The van der Waals surface area contributed by atoms with E-state index in [2.05, 4.69) is 34.1 Å². The van der Waals surface area contributed by atoms with Crippen LogP contribution in [0, 0.1) is 0 Å². The Morgan fingerprint density at radius 3 is 2.43 bits per heavy atom. The predicted octanol–water partition coefficient (Wildman–Crippen LogP) is 4.24. The second-order valence-corrected chi connectivity index (χ2v) is 6.63. The van der Waals surface area contributed by atoms with Crippen LogP contribution in [0.4, 0.5) is 11.4 Å². The van der Waals surface area contributed by atoms with Crippen molar-refractivity contribution in [1.29, 1.82) is 0 Å². The standard InChI is InChI=1S/C17H16Cl2N2/c18-13-7-14(19)9-15(8-13)20-10-16(11-20)21-6-5-12-3-1-2-4-17(12)21/h1-4,7-9,16H,5-6,10-11H2. The molecule has 2 nitrogen and oxygen atoms in total. The van der Waals surface area contributed by atoms with Gasteiger partial charge in [-0.15, -0.1) is 0 Å². The number of anilines is 2. The lowest BCUT2D eigenvalue weighted by Gasteiger charge is -2.46. The fraction of sp³-hybridized carbons (Fsp3) is 0.294. The van der Waals surface area contributed by atoms with Crippen molar-refractivity contribution < 1.29 is 0 Å². The normalized spacial score (nSPS) is 17.8. The quantitative estimate of drug-likeness (QED) is 0.817. The smallest absolute Gasteiger partial charge is 0.0640 e. The van der Waals surface area contributed by atoms with Crippen LogP contribution in [0.15, 0.2) is 42.5 Å². The molecule has 2 aliphatic heterocycles. The van der Waals surface area contributed by atoms with E-state index in [1.54, 1.807) is 6.07 Å². The van der Waals surface area contributed by atoms with E-state index in [4.69, 9.17) is 23.2 Å². The van der Waals surface area contributed by atoms with Crippen LogP contribution in [0.2, 0.25) is 10.0 Å². The zero-order valence-corrected chi connectivity index (χ0v) is 13.1. The first-order valence-electron chi connectivity index (χ1n) is 7.26. The van der Waals surface area contributed by atoms with E-state index in [1.165, 1.54) is 11.3 Å². The van der Waals surface area contributed by atoms with Crippen molar-refractivity contribution in [3.8, 4) is 0 Å². The molecule has 2 aromatic rings. The van der Waals surface area contributed by atoms with E-state index in [1.807, 2.05) is 12.1 Å². The Balaban J connectivity index is 1.48. The zero-order valence-electron chi connectivity index (χ0n) is 11.6. The highest BCUT2D eigenvalue weighted by atomic mass is 35.5. The van der Waals surface area contributed by atoms with Gasteiger partial charge in [-0.05, 0) is 36.2 Å². The van der Waals surface area contributed by atoms with Gasteiger partial charge in [0, 0.05) is 41.1 Å². The number of rotatable bonds is 2. The van der Waals surface area contributed by atoms with Crippen molar-refractivity contribution >= 4 is 34.6 Å². The van der Waals surface area contributed by atoms with E-state index < -0.39 is 0 Å². The zero-order chi connectivity index (χ0) is 14.4. The summed E-state index contributed by atoms with van der Waals surface area (Å²) in [6.07, 6.45) is 1.16. The number of nitrogens with zero attached hydrogens (tertiary/aromatic N) is 2. The third kappa shape index (κ3) is 2.37. The molecule has 0 saturated carbocycles. The first-order chi connectivity index (χ1) is 10.2. The summed E-state index contributed by atoms with van der Waals surface area (Å²) in [5.41, 5.74) is 4.00. The van der Waals surface area contributed by atoms with Crippen LogP contribution in [0.25, 0.3) is 0 Å². The number of hydrogen-bond donors (Lipinski definition) is 0. The SMILES string of the molecule is Clc1cc(Cl)cc(N2CC(N3CCc4ccccc43)C2)c1. The topological polar surface area (TPSA) is 6.48 Å². The van der Waals surface area contributed by atoms with Gasteiger partial charge in [0.25, 0.3) is 0 Å². The lowest BCUT2D eigenvalue weighted by atomic mass is 10.1. The summed E-state index contributed by atoms with van der Waals surface area (Å²) in [4.78, 5) is 4.88. The van der Waals surface area contributed by atoms with Crippen molar-refractivity contribution in [2.45, 2.75) is 12.5 Å². The Bertz CT molecular complexity index is 660. The Hall–Kier alpha value is -1.38. The average Bonchev–Trinajstić information content (AvgIpc) is 2.80. The van der Waals surface area contributed by atoms with E-state index in [9.17, 15) is 0 Å². The largest absolute Gasteiger partial charge is 0.367 e. The minimum Gasteiger partial charge on any atom is -0.367 e. The monoisotopic (exact) mass is 318 g/mol. The highest BCUT2D eigenvalue weighted by Crippen LogP contribution is 2.35. The Morgan fingerprint density at radius 1 is 0.952 bits per heavy atom. The van der Waals surface area contributed by atoms with Crippen molar-refractivity contribution in [2.24, 2.45) is 0 Å². The van der Waals surface area contributed by atoms with Gasteiger partial charge in [-0.3, -0.25) is 0 Å². The Morgan fingerprint density at radius 2 is 1.67 bits per heavy atom. The molecule has 21 heavy (non-hydrogen) atoms. The van der Waals surface area contributed by atoms with Crippen LogP contribution < -0.4 is 9.80 Å². The van der Waals surface area contributed by atoms with Gasteiger partial charge in [0.15, 0.2) is 0 Å². The number of para-hydroxylation sites is 1. The molecule has 108 valence electrons. The van der Waals surface area contributed by atoms with Gasteiger partial charge in [-0.2, -0.15) is 0 Å². The highest BCUT2D eigenvalue weighted by Gasteiger charge is 2.35. The van der Waals surface area contributed by atoms with Crippen molar-refractivity contribution in [3.05, 3.63) is 58.1 Å². The van der Waals surface area contributed by atoms with Crippen LogP contribution in [-0.4, -0.2) is 25.7 Å². The molecule has 0 atom stereocenters. The number of fused-ring (bicyclic) bond motifs is 1. The maximum absolute atomic E-state index is 6.08. The van der Waals surface area contributed by atoms with Crippen LogP contribution in [0.3, 0.4) is 0 Å². The molecule has 2 aromatic carbocycles. The minimum absolute atomic E-state index is 0.589. The number of benzene rings is 2. The molecule has 0 N–H and O–H groups in total. The van der Waals surface area contributed by atoms with E-state index in [0.717, 1.165) is 31.7 Å². The fourth-order valence-corrected chi connectivity index (χ4v) is 3.84. The maximum atomic E-state index is 6.08. The van der Waals surface area contributed by atoms with Crippen molar-refractivity contribution in [3.63, 3.8) is 0 Å². The van der Waals surface area contributed by atoms with Gasteiger partial charge in [-0.25, -0.2) is 0 Å². The summed E-state index contributed by atoms with van der Waals surface area (Å²) in [6.45, 7) is 3.20. The average molecular weight is 319 g/mol. The number of halogens is 2. The van der Waals surface area contributed by atoms with E-state index >= 15 is 0 Å². The fourth-order valence-electron chi connectivity index (χ4n) is 3.33. The van der Waals surface area contributed by atoms with Gasteiger partial charge in [0.1, 0.15) is 0 Å². The first kappa shape index (κ1) is 13.3.